The predicted molar refractivity (Wildman–Crippen MR) is 91.0 cm³/mol. The number of aromatic nitrogens is 1. The molecule has 1 aliphatic heterocycles. The summed E-state index contributed by atoms with van der Waals surface area (Å²) < 4.78 is 18.1. The number of amides is 1. The molecule has 2 atom stereocenters. The van der Waals surface area contributed by atoms with Crippen molar-refractivity contribution >= 4 is 22.7 Å². The second-order valence-electron chi connectivity index (χ2n) is 5.91. The Bertz CT molecular complexity index is 1020. The number of aryl methyl sites for hydroxylation is 1. The minimum Gasteiger partial charge on any atom is -0.482 e. The maximum Gasteiger partial charge on any atom is 0.419 e. The van der Waals surface area contributed by atoms with Crippen LogP contribution in [0.1, 0.15) is 6.92 Å². The van der Waals surface area contributed by atoms with Crippen molar-refractivity contribution in [3.05, 3.63) is 53.0 Å². The normalized spacial score (nSPS) is 19.0. The number of ether oxygens (including phenoxy) is 2. The molecule has 0 saturated heterocycles. The first-order valence-corrected chi connectivity index (χ1v) is 7.86. The van der Waals surface area contributed by atoms with E-state index in [1.54, 1.807) is 44.3 Å². The Morgan fingerprint density at radius 2 is 1.84 bits per heavy atom. The van der Waals surface area contributed by atoms with Gasteiger partial charge in [0.25, 0.3) is 5.91 Å². The third-order valence-corrected chi connectivity index (χ3v) is 4.16. The molecule has 1 aromatic heterocycles. The van der Waals surface area contributed by atoms with Crippen LogP contribution in [0.15, 0.2) is 51.7 Å². The van der Waals surface area contributed by atoms with E-state index in [1.807, 2.05) is 12.1 Å². The van der Waals surface area contributed by atoms with Crippen LogP contribution in [0.4, 0.5) is 5.69 Å². The lowest BCUT2D eigenvalue weighted by atomic mass is 10.1. The van der Waals surface area contributed by atoms with Crippen LogP contribution in [0.3, 0.4) is 0 Å². The van der Waals surface area contributed by atoms with Gasteiger partial charge in [-0.3, -0.25) is 9.36 Å². The third kappa shape index (κ3) is 2.63. The topological polar surface area (TPSA) is 82.7 Å². The maximum atomic E-state index is 12.6. The molecule has 3 aromatic rings. The molecule has 7 nitrogen and oxygen atoms in total. The lowest BCUT2D eigenvalue weighted by Gasteiger charge is -2.30. The average molecular weight is 340 g/mol. The average Bonchev–Trinajstić information content (AvgIpc) is 2.88. The van der Waals surface area contributed by atoms with Crippen molar-refractivity contribution in [2.75, 3.05) is 5.32 Å². The van der Waals surface area contributed by atoms with Gasteiger partial charge in [0.15, 0.2) is 17.1 Å². The number of rotatable bonds is 2. The minimum absolute atomic E-state index is 0.334. The molecule has 2 heterocycles. The van der Waals surface area contributed by atoms with Crippen LogP contribution in [-0.4, -0.2) is 22.7 Å². The molecule has 1 N–H and O–H groups in total. The molecular formula is C18H16N2O5. The van der Waals surface area contributed by atoms with Gasteiger partial charge in [0.2, 0.25) is 6.10 Å². The van der Waals surface area contributed by atoms with Crippen molar-refractivity contribution in [3.63, 3.8) is 0 Å². The fourth-order valence-electron chi connectivity index (χ4n) is 2.83. The Morgan fingerprint density at radius 3 is 2.60 bits per heavy atom. The van der Waals surface area contributed by atoms with E-state index in [0.29, 0.717) is 28.3 Å². The van der Waals surface area contributed by atoms with Gasteiger partial charge in [-0.1, -0.05) is 12.1 Å². The van der Waals surface area contributed by atoms with Crippen LogP contribution < -0.4 is 20.5 Å². The highest BCUT2D eigenvalue weighted by Crippen LogP contribution is 2.33. The number of para-hydroxylation sites is 2. The van der Waals surface area contributed by atoms with Gasteiger partial charge >= 0.3 is 5.76 Å². The Hall–Kier alpha value is -3.22. The van der Waals surface area contributed by atoms with Crippen molar-refractivity contribution in [2.45, 2.75) is 19.1 Å². The predicted octanol–water partition coefficient (Wildman–Crippen LogP) is 2.30. The Kier molecular flexibility index (Phi) is 3.49. The van der Waals surface area contributed by atoms with E-state index < -0.39 is 18.0 Å². The number of oxazole rings is 1. The lowest BCUT2D eigenvalue weighted by molar-refractivity contribution is -0.128. The van der Waals surface area contributed by atoms with Gasteiger partial charge in [-0.15, -0.1) is 0 Å². The maximum absolute atomic E-state index is 12.6. The molecule has 0 spiro atoms. The number of benzene rings is 2. The molecule has 0 fully saturated rings. The van der Waals surface area contributed by atoms with Gasteiger partial charge in [-0.25, -0.2) is 4.79 Å². The van der Waals surface area contributed by atoms with Gasteiger partial charge in [0.1, 0.15) is 6.10 Å². The van der Waals surface area contributed by atoms with Crippen LogP contribution in [0.5, 0.6) is 11.5 Å². The zero-order chi connectivity index (χ0) is 17.6. The van der Waals surface area contributed by atoms with E-state index in [4.69, 9.17) is 13.9 Å². The summed E-state index contributed by atoms with van der Waals surface area (Å²) >= 11 is 0. The number of carbonyl (C=O) groups is 1. The van der Waals surface area contributed by atoms with Gasteiger partial charge in [-0.2, -0.15) is 0 Å². The molecule has 25 heavy (non-hydrogen) atoms. The number of fused-ring (bicyclic) bond motifs is 2. The van der Waals surface area contributed by atoms with Crippen molar-refractivity contribution < 1.29 is 18.7 Å². The van der Waals surface area contributed by atoms with Crippen LogP contribution in [-0.2, 0) is 11.8 Å². The lowest BCUT2D eigenvalue weighted by Crippen LogP contribution is -2.46. The minimum atomic E-state index is -0.784. The molecule has 0 radical (unpaired) electrons. The van der Waals surface area contributed by atoms with Crippen molar-refractivity contribution in [3.8, 4) is 11.5 Å². The first-order chi connectivity index (χ1) is 12.0. The molecule has 1 aliphatic rings. The summed E-state index contributed by atoms with van der Waals surface area (Å²) in [5, 5.41) is 2.78. The monoisotopic (exact) mass is 340 g/mol. The fraction of sp³-hybridized carbons (Fsp3) is 0.222. The van der Waals surface area contributed by atoms with E-state index in [0.717, 1.165) is 0 Å². The summed E-state index contributed by atoms with van der Waals surface area (Å²) in [6, 6.07) is 12.2. The van der Waals surface area contributed by atoms with Gasteiger partial charge in [0, 0.05) is 18.8 Å². The first kappa shape index (κ1) is 15.3. The molecule has 4 rings (SSSR count). The molecule has 128 valence electrons. The second kappa shape index (κ2) is 5.70. The molecule has 7 heteroatoms. The number of nitrogens with zero attached hydrogens (tertiary/aromatic N) is 1. The van der Waals surface area contributed by atoms with Crippen LogP contribution in [0, 0.1) is 0 Å². The first-order valence-electron chi connectivity index (χ1n) is 7.86. The highest BCUT2D eigenvalue weighted by molar-refractivity contribution is 5.96. The molecule has 0 aliphatic carbocycles. The van der Waals surface area contributed by atoms with Crippen molar-refractivity contribution in [2.24, 2.45) is 7.05 Å². The van der Waals surface area contributed by atoms with Crippen molar-refractivity contribution in [1.82, 2.24) is 4.57 Å². The summed E-state index contributed by atoms with van der Waals surface area (Å²) in [5.74, 6) is 0.365. The van der Waals surface area contributed by atoms with Crippen LogP contribution in [0.2, 0.25) is 0 Å². The van der Waals surface area contributed by atoms with Crippen molar-refractivity contribution in [1.29, 1.82) is 0 Å². The Morgan fingerprint density at radius 1 is 1.12 bits per heavy atom. The Balaban J connectivity index is 1.57. The zero-order valence-corrected chi connectivity index (χ0v) is 13.7. The molecule has 0 saturated carbocycles. The number of nitrogens with one attached hydrogen (secondary N) is 1. The Labute approximate surface area is 142 Å². The summed E-state index contributed by atoms with van der Waals surface area (Å²) in [5.41, 5.74) is 1.58. The number of hydrogen-bond donors (Lipinski definition) is 1. The summed E-state index contributed by atoms with van der Waals surface area (Å²) in [6.07, 6.45) is -1.22. The fourth-order valence-corrected chi connectivity index (χ4v) is 2.83. The van der Waals surface area contributed by atoms with Crippen LogP contribution in [0.25, 0.3) is 11.1 Å². The van der Waals surface area contributed by atoms with Gasteiger partial charge in [0.05, 0.1) is 5.52 Å². The molecule has 1 amide bonds. The smallest absolute Gasteiger partial charge is 0.419 e. The van der Waals surface area contributed by atoms with E-state index in [-0.39, 0.29) is 5.91 Å². The van der Waals surface area contributed by atoms with Gasteiger partial charge in [-0.05, 0) is 31.2 Å². The highest BCUT2D eigenvalue weighted by Gasteiger charge is 2.34. The highest BCUT2D eigenvalue weighted by atomic mass is 16.6. The number of hydrogen-bond acceptors (Lipinski definition) is 5. The van der Waals surface area contributed by atoms with E-state index in [2.05, 4.69) is 5.32 Å². The van der Waals surface area contributed by atoms with Crippen LogP contribution >= 0.6 is 0 Å². The number of anilines is 1. The standard InChI is InChI=1S/C18H16N2O5/c1-10-16(24-14-6-4-3-5-13(14)23-10)17(21)19-11-7-8-12-15(9-11)25-18(22)20(12)2/h3-10,16H,1-2H3,(H,19,21). The van der Waals surface area contributed by atoms with E-state index in [9.17, 15) is 9.59 Å². The summed E-state index contributed by atoms with van der Waals surface area (Å²) in [7, 11) is 1.62. The quantitative estimate of drug-likeness (QED) is 0.774. The van der Waals surface area contributed by atoms with E-state index >= 15 is 0 Å². The summed E-state index contributed by atoms with van der Waals surface area (Å²) in [4.78, 5) is 24.1. The molecular weight excluding hydrogens is 324 g/mol. The largest absolute Gasteiger partial charge is 0.482 e. The summed E-state index contributed by atoms with van der Waals surface area (Å²) in [6.45, 7) is 1.78. The second-order valence-corrected chi connectivity index (χ2v) is 5.91. The molecule has 2 aromatic carbocycles. The SMILES string of the molecule is CC1Oc2ccccc2OC1C(=O)Nc1ccc2c(c1)oc(=O)n2C. The molecule has 2 unspecified atom stereocenters. The van der Waals surface area contributed by atoms with Gasteiger partial charge < -0.3 is 19.2 Å². The van der Waals surface area contributed by atoms with E-state index in [1.165, 1.54) is 4.57 Å². The molecule has 0 bridgehead atoms. The zero-order valence-electron chi connectivity index (χ0n) is 13.7. The number of carbonyl (C=O) groups excluding carboxylic acids is 1. The third-order valence-electron chi connectivity index (χ3n) is 4.16.